The third-order valence-corrected chi connectivity index (χ3v) is 5.70. The van der Waals surface area contributed by atoms with Crippen molar-refractivity contribution in [3.05, 3.63) is 48.4 Å². The number of fused-ring (bicyclic) bond motifs is 1. The maximum atomic E-state index is 4.71. The molecule has 4 heteroatoms. The minimum Gasteiger partial charge on any atom is -0.329 e. The molecule has 136 valence electrons. The van der Waals surface area contributed by atoms with E-state index in [9.17, 15) is 0 Å². The summed E-state index contributed by atoms with van der Waals surface area (Å²) in [5.41, 5.74) is 3.55. The number of rotatable bonds is 4. The SMILES string of the molecule is Cc1ccc(-c2nccn2CC(C)(C)N2CCCCC2)c2cccnc12. The summed E-state index contributed by atoms with van der Waals surface area (Å²) in [5.74, 6) is 1.04. The predicted molar refractivity (Wildman–Crippen MR) is 107 cm³/mol. The Kier molecular flexibility index (Phi) is 4.53. The molecule has 1 aliphatic heterocycles. The number of aryl methyl sites for hydroxylation is 1. The van der Waals surface area contributed by atoms with Gasteiger partial charge in [0.25, 0.3) is 0 Å². The molecule has 0 radical (unpaired) electrons. The van der Waals surface area contributed by atoms with E-state index in [1.807, 2.05) is 18.5 Å². The summed E-state index contributed by atoms with van der Waals surface area (Å²) in [6, 6.07) is 8.50. The maximum Gasteiger partial charge on any atom is 0.140 e. The van der Waals surface area contributed by atoms with Gasteiger partial charge in [0.1, 0.15) is 5.82 Å². The van der Waals surface area contributed by atoms with Gasteiger partial charge in [-0.1, -0.05) is 24.6 Å². The minimum atomic E-state index is 0.120. The number of aromatic nitrogens is 3. The molecule has 0 unspecified atom stereocenters. The van der Waals surface area contributed by atoms with E-state index in [1.54, 1.807) is 0 Å². The monoisotopic (exact) mass is 348 g/mol. The molecule has 0 atom stereocenters. The molecule has 3 aromatic rings. The Morgan fingerprint density at radius 1 is 1.00 bits per heavy atom. The van der Waals surface area contributed by atoms with Crippen LogP contribution in [0, 0.1) is 6.92 Å². The fourth-order valence-corrected chi connectivity index (χ4v) is 4.21. The Hall–Kier alpha value is -2.20. The summed E-state index contributed by atoms with van der Waals surface area (Å²) in [4.78, 5) is 11.9. The molecular weight excluding hydrogens is 320 g/mol. The van der Waals surface area contributed by atoms with E-state index in [-0.39, 0.29) is 5.54 Å². The molecule has 4 nitrogen and oxygen atoms in total. The van der Waals surface area contributed by atoms with Gasteiger partial charge < -0.3 is 4.57 Å². The molecule has 0 amide bonds. The fourth-order valence-electron chi connectivity index (χ4n) is 4.21. The van der Waals surface area contributed by atoms with Crippen molar-refractivity contribution in [1.82, 2.24) is 19.4 Å². The second kappa shape index (κ2) is 6.84. The van der Waals surface area contributed by atoms with E-state index in [4.69, 9.17) is 4.98 Å². The molecule has 0 spiro atoms. The summed E-state index contributed by atoms with van der Waals surface area (Å²) in [7, 11) is 0. The standard InChI is InChI=1S/C22H28N4/c1-17-9-10-19(18-8-7-11-23-20(17)18)21-24-12-15-25(21)16-22(2,3)26-13-5-4-6-14-26/h7-12,15H,4-6,13-14,16H2,1-3H3. The lowest BCUT2D eigenvalue weighted by atomic mass is 9.98. The lowest BCUT2D eigenvalue weighted by Gasteiger charge is -2.41. The van der Waals surface area contributed by atoms with Gasteiger partial charge in [0.15, 0.2) is 0 Å². The number of hydrogen-bond donors (Lipinski definition) is 0. The molecule has 2 aromatic heterocycles. The quantitative estimate of drug-likeness (QED) is 0.687. The Labute approximate surface area is 155 Å². The molecule has 26 heavy (non-hydrogen) atoms. The number of benzene rings is 1. The van der Waals surface area contributed by atoms with Gasteiger partial charge in [-0.2, -0.15) is 0 Å². The van der Waals surface area contributed by atoms with Crippen molar-refractivity contribution in [1.29, 1.82) is 0 Å². The summed E-state index contributed by atoms with van der Waals surface area (Å²) in [6.07, 6.45) is 9.89. The van der Waals surface area contributed by atoms with Gasteiger partial charge in [-0.25, -0.2) is 4.98 Å². The van der Waals surface area contributed by atoms with Crippen molar-refractivity contribution < 1.29 is 0 Å². The van der Waals surface area contributed by atoms with Crippen molar-refractivity contribution in [3.8, 4) is 11.4 Å². The number of likely N-dealkylation sites (tertiary alicyclic amines) is 1. The summed E-state index contributed by atoms with van der Waals surface area (Å²) in [5, 5.41) is 1.18. The van der Waals surface area contributed by atoms with Crippen molar-refractivity contribution in [2.45, 2.75) is 52.1 Å². The number of piperidine rings is 1. The average molecular weight is 348 g/mol. The van der Waals surface area contributed by atoms with Gasteiger partial charge in [-0.15, -0.1) is 0 Å². The van der Waals surface area contributed by atoms with Crippen molar-refractivity contribution in [2.75, 3.05) is 13.1 Å². The van der Waals surface area contributed by atoms with E-state index in [0.717, 1.165) is 23.4 Å². The third-order valence-electron chi connectivity index (χ3n) is 5.70. The molecule has 1 aromatic carbocycles. The van der Waals surface area contributed by atoms with Crippen LogP contribution in [0.1, 0.15) is 38.7 Å². The van der Waals surface area contributed by atoms with Crippen LogP contribution in [0.4, 0.5) is 0 Å². The maximum absolute atomic E-state index is 4.71. The van der Waals surface area contributed by atoms with E-state index in [1.165, 1.54) is 43.3 Å². The van der Waals surface area contributed by atoms with Gasteiger partial charge in [-0.3, -0.25) is 9.88 Å². The van der Waals surface area contributed by atoms with Crippen LogP contribution in [-0.4, -0.2) is 38.1 Å². The van der Waals surface area contributed by atoms with Crippen LogP contribution in [0.3, 0.4) is 0 Å². The number of imidazole rings is 1. The molecule has 0 N–H and O–H groups in total. The number of hydrogen-bond acceptors (Lipinski definition) is 3. The predicted octanol–water partition coefficient (Wildman–Crippen LogP) is 4.67. The summed E-state index contributed by atoms with van der Waals surface area (Å²) < 4.78 is 2.31. The van der Waals surface area contributed by atoms with Crippen LogP contribution in [-0.2, 0) is 6.54 Å². The molecule has 0 saturated carbocycles. The zero-order chi connectivity index (χ0) is 18.1. The topological polar surface area (TPSA) is 34.0 Å². The van der Waals surface area contributed by atoms with Gasteiger partial charge in [0.05, 0.1) is 5.52 Å². The lowest BCUT2D eigenvalue weighted by Crippen LogP contribution is -2.49. The second-order valence-corrected chi connectivity index (χ2v) is 8.07. The first-order valence-electron chi connectivity index (χ1n) is 9.67. The molecule has 1 aliphatic rings. The molecule has 1 fully saturated rings. The molecule has 3 heterocycles. The summed E-state index contributed by atoms with van der Waals surface area (Å²) in [6.45, 7) is 10.2. The van der Waals surface area contributed by atoms with Crippen LogP contribution in [0.25, 0.3) is 22.3 Å². The highest BCUT2D eigenvalue weighted by molar-refractivity contribution is 5.94. The van der Waals surface area contributed by atoms with Gasteiger partial charge in [-0.05, 0) is 58.3 Å². The Bertz CT molecular complexity index is 903. The zero-order valence-electron chi connectivity index (χ0n) is 16.1. The molecule has 0 bridgehead atoms. The Morgan fingerprint density at radius 2 is 1.81 bits per heavy atom. The van der Waals surface area contributed by atoms with E-state index < -0.39 is 0 Å². The zero-order valence-corrected chi connectivity index (χ0v) is 16.1. The third kappa shape index (κ3) is 3.14. The highest BCUT2D eigenvalue weighted by Gasteiger charge is 2.29. The Morgan fingerprint density at radius 3 is 2.62 bits per heavy atom. The first kappa shape index (κ1) is 17.2. The molecule has 0 aliphatic carbocycles. The van der Waals surface area contributed by atoms with Gasteiger partial charge in [0.2, 0.25) is 0 Å². The average Bonchev–Trinajstić information content (AvgIpc) is 3.10. The van der Waals surface area contributed by atoms with Crippen LogP contribution < -0.4 is 0 Å². The molecular formula is C22H28N4. The van der Waals surface area contributed by atoms with E-state index >= 15 is 0 Å². The van der Waals surface area contributed by atoms with Gasteiger partial charge >= 0.3 is 0 Å². The normalized spacial score (nSPS) is 16.3. The van der Waals surface area contributed by atoms with Gasteiger partial charge in [0, 0.05) is 41.6 Å². The minimum absolute atomic E-state index is 0.120. The smallest absolute Gasteiger partial charge is 0.140 e. The number of pyridine rings is 1. The molecule has 4 rings (SSSR count). The highest BCUT2D eigenvalue weighted by atomic mass is 15.2. The summed E-state index contributed by atoms with van der Waals surface area (Å²) >= 11 is 0. The van der Waals surface area contributed by atoms with Crippen LogP contribution in [0.15, 0.2) is 42.9 Å². The molecule has 1 saturated heterocycles. The van der Waals surface area contributed by atoms with Crippen LogP contribution in [0.5, 0.6) is 0 Å². The first-order chi connectivity index (χ1) is 12.6. The second-order valence-electron chi connectivity index (χ2n) is 8.07. The van der Waals surface area contributed by atoms with Crippen molar-refractivity contribution in [2.24, 2.45) is 0 Å². The van der Waals surface area contributed by atoms with E-state index in [0.29, 0.717) is 0 Å². The van der Waals surface area contributed by atoms with Crippen LogP contribution in [0.2, 0.25) is 0 Å². The number of nitrogens with zero attached hydrogens (tertiary/aromatic N) is 4. The van der Waals surface area contributed by atoms with Crippen molar-refractivity contribution >= 4 is 10.9 Å². The van der Waals surface area contributed by atoms with Crippen molar-refractivity contribution in [3.63, 3.8) is 0 Å². The first-order valence-corrected chi connectivity index (χ1v) is 9.67. The van der Waals surface area contributed by atoms with E-state index in [2.05, 4.69) is 59.6 Å². The largest absolute Gasteiger partial charge is 0.329 e. The highest BCUT2D eigenvalue weighted by Crippen LogP contribution is 2.30. The van der Waals surface area contributed by atoms with Crippen LogP contribution >= 0.6 is 0 Å². The fraction of sp³-hybridized carbons (Fsp3) is 0.455. The Balaban J connectivity index is 1.71. The lowest BCUT2D eigenvalue weighted by molar-refractivity contribution is 0.0809.